The van der Waals surface area contributed by atoms with E-state index in [9.17, 15) is 4.79 Å². The van der Waals surface area contributed by atoms with Crippen LogP contribution in [0.15, 0.2) is 54.7 Å². The molecule has 0 spiro atoms. The number of aryl methyl sites for hydroxylation is 1. The van der Waals surface area contributed by atoms with E-state index in [-0.39, 0.29) is 12.6 Å². The molecule has 3 rings (SSSR count). The van der Waals surface area contributed by atoms with Gasteiger partial charge in [-0.05, 0) is 24.1 Å². The van der Waals surface area contributed by atoms with Crippen LogP contribution in [0.5, 0.6) is 0 Å². The first kappa shape index (κ1) is 14.7. The van der Waals surface area contributed by atoms with Crippen LogP contribution in [0.2, 0.25) is 5.02 Å². The summed E-state index contributed by atoms with van der Waals surface area (Å²) >= 11 is 6.04. The van der Waals surface area contributed by atoms with Crippen molar-refractivity contribution in [3.63, 3.8) is 0 Å². The Balaban J connectivity index is 1.55. The number of rotatable bonds is 5. The van der Waals surface area contributed by atoms with Gasteiger partial charge >= 0.3 is 5.97 Å². The zero-order valence-corrected chi connectivity index (χ0v) is 12.8. The fourth-order valence-corrected chi connectivity index (χ4v) is 2.61. The largest absolute Gasteiger partial charge is 0.461 e. The molecule has 3 aromatic rings. The molecule has 0 fully saturated rings. The van der Waals surface area contributed by atoms with Crippen molar-refractivity contribution in [2.45, 2.75) is 19.4 Å². The maximum absolute atomic E-state index is 11.9. The molecule has 1 heterocycles. The van der Waals surface area contributed by atoms with E-state index in [2.05, 4.69) is 11.1 Å². The van der Waals surface area contributed by atoms with Crippen LogP contribution in [0.25, 0.3) is 10.9 Å². The monoisotopic (exact) mass is 313 g/mol. The minimum Gasteiger partial charge on any atom is -0.461 e. The van der Waals surface area contributed by atoms with Gasteiger partial charge in [0.15, 0.2) is 0 Å². The molecule has 0 aliphatic carbocycles. The van der Waals surface area contributed by atoms with Crippen LogP contribution in [0.1, 0.15) is 17.5 Å². The van der Waals surface area contributed by atoms with Crippen molar-refractivity contribution >= 4 is 28.5 Å². The van der Waals surface area contributed by atoms with Gasteiger partial charge < -0.3 is 9.72 Å². The zero-order chi connectivity index (χ0) is 15.4. The molecule has 0 bridgehead atoms. The maximum Gasteiger partial charge on any atom is 0.306 e. The number of H-pyrrole nitrogens is 1. The number of aromatic amines is 1. The average Bonchev–Trinajstić information content (AvgIpc) is 2.95. The Morgan fingerprint density at radius 1 is 1.05 bits per heavy atom. The van der Waals surface area contributed by atoms with E-state index < -0.39 is 0 Å². The lowest BCUT2D eigenvalue weighted by atomic mass is 10.1. The summed E-state index contributed by atoms with van der Waals surface area (Å²) in [5.41, 5.74) is 3.04. The molecule has 3 nitrogen and oxygen atoms in total. The first-order valence-corrected chi connectivity index (χ1v) is 7.56. The summed E-state index contributed by atoms with van der Waals surface area (Å²) in [6.07, 6.45) is 2.96. The SMILES string of the molecule is O=C(CCc1c[nH]c2ccccc12)OCc1ccccc1Cl. The molecular weight excluding hydrogens is 298 g/mol. The predicted molar refractivity (Wildman–Crippen MR) is 87.9 cm³/mol. The van der Waals surface area contributed by atoms with Crippen LogP contribution in [0, 0.1) is 0 Å². The van der Waals surface area contributed by atoms with Gasteiger partial charge in [-0.2, -0.15) is 0 Å². The van der Waals surface area contributed by atoms with Crippen molar-refractivity contribution in [1.82, 2.24) is 4.98 Å². The van der Waals surface area contributed by atoms with Crippen molar-refractivity contribution in [2.24, 2.45) is 0 Å². The van der Waals surface area contributed by atoms with Crippen LogP contribution < -0.4 is 0 Å². The lowest BCUT2D eigenvalue weighted by Crippen LogP contribution is -2.06. The molecule has 0 atom stereocenters. The lowest BCUT2D eigenvalue weighted by Gasteiger charge is -2.06. The molecule has 2 aromatic carbocycles. The van der Waals surface area contributed by atoms with Crippen LogP contribution in [0.4, 0.5) is 0 Å². The van der Waals surface area contributed by atoms with Gasteiger partial charge in [-0.3, -0.25) is 4.79 Å². The molecule has 0 radical (unpaired) electrons. The number of carbonyl (C=O) groups excluding carboxylic acids is 1. The molecule has 0 aliphatic heterocycles. The fraction of sp³-hybridized carbons (Fsp3) is 0.167. The molecular formula is C18H16ClNO2. The minimum absolute atomic E-state index is 0.215. The Morgan fingerprint density at radius 2 is 1.82 bits per heavy atom. The summed E-state index contributed by atoms with van der Waals surface area (Å²) in [4.78, 5) is 15.1. The van der Waals surface area contributed by atoms with Gasteiger partial charge in [0.05, 0.1) is 0 Å². The predicted octanol–water partition coefficient (Wildman–Crippen LogP) is 4.50. The van der Waals surface area contributed by atoms with Crippen molar-refractivity contribution in [3.05, 3.63) is 70.9 Å². The quantitative estimate of drug-likeness (QED) is 0.705. The van der Waals surface area contributed by atoms with E-state index in [1.165, 1.54) is 0 Å². The molecule has 112 valence electrons. The van der Waals surface area contributed by atoms with Gasteiger partial charge in [0.25, 0.3) is 0 Å². The van der Waals surface area contributed by atoms with E-state index >= 15 is 0 Å². The van der Waals surface area contributed by atoms with Crippen LogP contribution >= 0.6 is 11.6 Å². The number of fused-ring (bicyclic) bond motifs is 1. The summed E-state index contributed by atoms with van der Waals surface area (Å²) in [5.74, 6) is -0.217. The van der Waals surface area contributed by atoms with Crippen molar-refractivity contribution in [1.29, 1.82) is 0 Å². The number of esters is 1. The number of para-hydroxylation sites is 1. The highest BCUT2D eigenvalue weighted by Gasteiger charge is 2.08. The first-order chi connectivity index (χ1) is 10.7. The van der Waals surface area contributed by atoms with E-state index in [4.69, 9.17) is 16.3 Å². The van der Waals surface area contributed by atoms with Crippen LogP contribution in [0.3, 0.4) is 0 Å². The van der Waals surface area contributed by atoms with Gasteiger partial charge in [-0.1, -0.05) is 48.0 Å². The average molecular weight is 314 g/mol. The van der Waals surface area contributed by atoms with Crippen molar-refractivity contribution < 1.29 is 9.53 Å². The van der Waals surface area contributed by atoms with Gasteiger partial charge in [-0.25, -0.2) is 0 Å². The second-order valence-electron chi connectivity index (χ2n) is 5.11. The number of hydrogen-bond donors (Lipinski definition) is 1. The Hall–Kier alpha value is -2.26. The van der Waals surface area contributed by atoms with E-state index in [1.54, 1.807) is 6.07 Å². The standard InChI is InChI=1S/C18H16ClNO2/c19-16-7-3-1-5-14(16)12-22-18(21)10-9-13-11-20-17-8-4-2-6-15(13)17/h1-8,11,20H,9-10,12H2. The van der Waals surface area contributed by atoms with E-state index in [0.29, 0.717) is 17.9 Å². The number of halogens is 1. The number of ether oxygens (including phenoxy) is 1. The summed E-state index contributed by atoms with van der Waals surface area (Å²) < 4.78 is 5.29. The first-order valence-electron chi connectivity index (χ1n) is 7.18. The Labute approximate surface area is 133 Å². The summed E-state index contributed by atoms with van der Waals surface area (Å²) in [6.45, 7) is 0.215. The third-order valence-corrected chi connectivity index (χ3v) is 3.99. The molecule has 22 heavy (non-hydrogen) atoms. The number of hydrogen-bond acceptors (Lipinski definition) is 2. The third-order valence-electron chi connectivity index (χ3n) is 3.62. The molecule has 0 unspecified atom stereocenters. The van der Waals surface area contributed by atoms with Crippen molar-refractivity contribution in [2.75, 3.05) is 0 Å². The minimum atomic E-state index is -0.217. The van der Waals surface area contributed by atoms with E-state index in [0.717, 1.165) is 22.0 Å². The molecule has 1 aromatic heterocycles. The molecule has 4 heteroatoms. The normalized spacial score (nSPS) is 10.8. The summed E-state index contributed by atoms with van der Waals surface area (Å²) in [6, 6.07) is 15.4. The topological polar surface area (TPSA) is 42.1 Å². The second-order valence-corrected chi connectivity index (χ2v) is 5.52. The molecule has 0 aliphatic rings. The molecule has 0 saturated carbocycles. The Morgan fingerprint density at radius 3 is 2.68 bits per heavy atom. The van der Waals surface area contributed by atoms with Gasteiger partial charge in [-0.15, -0.1) is 0 Å². The molecule has 0 amide bonds. The fourth-order valence-electron chi connectivity index (χ4n) is 2.42. The number of benzene rings is 2. The van der Waals surface area contributed by atoms with Crippen LogP contribution in [-0.4, -0.2) is 11.0 Å². The van der Waals surface area contributed by atoms with Gasteiger partial charge in [0, 0.05) is 34.1 Å². The smallest absolute Gasteiger partial charge is 0.306 e. The number of carbonyl (C=O) groups is 1. The number of nitrogens with one attached hydrogen (secondary N) is 1. The second kappa shape index (κ2) is 6.67. The highest BCUT2D eigenvalue weighted by molar-refractivity contribution is 6.31. The van der Waals surface area contributed by atoms with Gasteiger partial charge in [0.2, 0.25) is 0 Å². The number of aromatic nitrogens is 1. The van der Waals surface area contributed by atoms with Crippen molar-refractivity contribution in [3.8, 4) is 0 Å². The highest BCUT2D eigenvalue weighted by Crippen LogP contribution is 2.20. The zero-order valence-electron chi connectivity index (χ0n) is 12.0. The Bertz CT molecular complexity index is 794. The summed E-state index contributed by atoms with van der Waals surface area (Å²) in [7, 11) is 0. The Kier molecular flexibility index (Phi) is 4.45. The van der Waals surface area contributed by atoms with Gasteiger partial charge in [0.1, 0.15) is 6.61 Å². The maximum atomic E-state index is 11.9. The molecule has 0 saturated heterocycles. The van der Waals surface area contributed by atoms with Crippen LogP contribution in [-0.2, 0) is 22.6 Å². The molecule has 1 N–H and O–H groups in total. The lowest BCUT2D eigenvalue weighted by molar-refractivity contribution is -0.144. The third kappa shape index (κ3) is 3.31. The summed E-state index contributed by atoms with van der Waals surface area (Å²) in [5, 5.41) is 1.77. The van der Waals surface area contributed by atoms with E-state index in [1.807, 2.05) is 42.6 Å². The highest BCUT2D eigenvalue weighted by atomic mass is 35.5.